The van der Waals surface area contributed by atoms with Crippen LogP contribution in [0.25, 0.3) is 0 Å². The lowest BCUT2D eigenvalue weighted by Crippen LogP contribution is -2.23. The maximum absolute atomic E-state index is 6.15. The molecule has 0 spiro atoms. The highest BCUT2D eigenvalue weighted by Gasteiger charge is 2.33. The summed E-state index contributed by atoms with van der Waals surface area (Å²) < 4.78 is 0. The third-order valence-corrected chi connectivity index (χ3v) is 4.84. The zero-order valence-corrected chi connectivity index (χ0v) is 12.9. The maximum Gasteiger partial charge on any atom is 0.355 e. The normalized spacial score (nSPS) is 25.2. The van der Waals surface area contributed by atoms with Crippen molar-refractivity contribution in [1.29, 1.82) is 0 Å². The van der Waals surface area contributed by atoms with Crippen LogP contribution in [0.15, 0.2) is 11.1 Å². The third-order valence-electron chi connectivity index (χ3n) is 4.20. The van der Waals surface area contributed by atoms with Crippen molar-refractivity contribution in [3.63, 3.8) is 0 Å². The van der Waals surface area contributed by atoms with Crippen molar-refractivity contribution >= 4 is 28.5 Å². The molecule has 1 aliphatic carbocycles. The van der Waals surface area contributed by atoms with Gasteiger partial charge in [0.2, 0.25) is 0 Å². The van der Waals surface area contributed by atoms with Crippen LogP contribution < -0.4 is 0 Å². The first kappa shape index (κ1) is 15.4. The summed E-state index contributed by atoms with van der Waals surface area (Å²) in [4.78, 5) is 0. The Hall–Kier alpha value is 0.385. The van der Waals surface area contributed by atoms with Gasteiger partial charge in [-0.1, -0.05) is 50.2 Å². The highest BCUT2D eigenvalue weighted by molar-refractivity contribution is 7.34. The summed E-state index contributed by atoms with van der Waals surface area (Å²) in [6.45, 7) is 6.75. The summed E-state index contributed by atoms with van der Waals surface area (Å²) in [6.07, 6.45) is 8.96. The summed E-state index contributed by atoms with van der Waals surface area (Å²) in [5.74, 6) is 1.18. The molecule has 0 N–H and O–H groups in total. The monoisotopic (exact) mass is 274 g/mol. The molecule has 0 saturated carbocycles. The van der Waals surface area contributed by atoms with Crippen LogP contribution in [0.1, 0.15) is 65.7 Å². The SMILES string of the molecule is CCCCCC[C@@H]1CC(C)=C(C)C[C@H]1B(Cl)Cl. The quantitative estimate of drug-likeness (QED) is 0.315. The van der Waals surface area contributed by atoms with Crippen LogP contribution in [0.4, 0.5) is 0 Å². The van der Waals surface area contributed by atoms with Gasteiger partial charge >= 0.3 is 5.54 Å². The van der Waals surface area contributed by atoms with E-state index in [0.29, 0.717) is 11.7 Å². The zero-order valence-electron chi connectivity index (χ0n) is 11.4. The zero-order chi connectivity index (χ0) is 12.8. The molecule has 0 radical (unpaired) electrons. The minimum atomic E-state index is -0.200. The van der Waals surface area contributed by atoms with Gasteiger partial charge in [0.25, 0.3) is 0 Å². The van der Waals surface area contributed by atoms with Crippen LogP contribution >= 0.6 is 22.9 Å². The van der Waals surface area contributed by atoms with E-state index in [1.165, 1.54) is 44.1 Å². The minimum absolute atomic E-state index is 0.200. The lowest BCUT2D eigenvalue weighted by atomic mass is 9.64. The summed E-state index contributed by atoms with van der Waals surface area (Å²) in [6, 6.07) is 0. The van der Waals surface area contributed by atoms with Crippen LogP contribution in [0.2, 0.25) is 5.82 Å². The van der Waals surface area contributed by atoms with Gasteiger partial charge in [-0.2, -0.15) is 22.9 Å². The Labute approximate surface area is 117 Å². The number of allylic oxidation sites excluding steroid dienone is 2. The van der Waals surface area contributed by atoms with Crippen LogP contribution in [0.3, 0.4) is 0 Å². The van der Waals surface area contributed by atoms with Crippen LogP contribution in [-0.4, -0.2) is 5.54 Å². The molecule has 0 fully saturated rings. The first-order chi connectivity index (χ1) is 8.06. The number of hydrogen-bond acceptors (Lipinski definition) is 0. The Balaban J connectivity index is 2.49. The largest absolute Gasteiger partial charge is 0.355 e. The summed E-state index contributed by atoms with van der Waals surface area (Å²) in [7, 11) is 0. The third kappa shape index (κ3) is 4.87. The topological polar surface area (TPSA) is 0 Å². The number of halogens is 2. The van der Waals surface area contributed by atoms with Gasteiger partial charge in [0.1, 0.15) is 0 Å². The van der Waals surface area contributed by atoms with Crippen molar-refractivity contribution in [2.45, 2.75) is 71.5 Å². The van der Waals surface area contributed by atoms with Crippen LogP contribution in [0.5, 0.6) is 0 Å². The second-order valence-corrected chi connectivity index (χ2v) is 6.74. The fourth-order valence-corrected chi connectivity index (χ4v) is 3.45. The van der Waals surface area contributed by atoms with E-state index in [-0.39, 0.29) is 5.54 Å². The Morgan fingerprint density at radius 2 is 1.71 bits per heavy atom. The van der Waals surface area contributed by atoms with Crippen molar-refractivity contribution in [3.05, 3.63) is 11.1 Å². The van der Waals surface area contributed by atoms with E-state index in [9.17, 15) is 0 Å². The standard InChI is InChI=1S/C14H25BCl2/c1-4-5-6-7-8-13-9-11(2)12(3)10-14(13)15(16)17/h13-14H,4-10H2,1-3H3/t13-,14-/m1/s1. The second-order valence-electron chi connectivity index (χ2n) is 5.58. The molecular weight excluding hydrogens is 250 g/mol. The Kier molecular flexibility index (Phi) is 7.03. The predicted molar refractivity (Wildman–Crippen MR) is 81.1 cm³/mol. The lowest BCUT2D eigenvalue weighted by Gasteiger charge is -2.33. The number of unbranched alkanes of at least 4 members (excludes halogenated alkanes) is 3. The van der Waals surface area contributed by atoms with Gasteiger partial charge in [-0.25, -0.2) is 0 Å². The molecule has 0 saturated heterocycles. The molecule has 0 unspecified atom stereocenters. The van der Waals surface area contributed by atoms with E-state index in [4.69, 9.17) is 22.9 Å². The summed E-state index contributed by atoms with van der Waals surface area (Å²) in [5, 5.41) is 0. The van der Waals surface area contributed by atoms with E-state index < -0.39 is 0 Å². The second kappa shape index (κ2) is 7.74. The van der Waals surface area contributed by atoms with Gasteiger partial charge in [0.05, 0.1) is 0 Å². The molecule has 0 bridgehead atoms. The average Bonchev–Trinajstić information content (AvgIpc) is 2.28. The molecule has 2 atom stereocenters. The molecule has 0 aromatic rings. The summed E-state index contributed by atoms with van der Waals surface area (Å²) >= 11 is 12.3. The van der Waals surface area contributed by atoms with Gasteiger partial charge < -0.3 is 0 Å². The lowest BCUT2D eigenvalue weighted by molar-refractivity contribution is 0.402. The molecule has 98 valence electrons. The molecular formula is C14H25BCl2. The molecule has 0 aliphatic heterocycles. The van der Waals surface area contributed by atoms with E-state index in [0.717, 1.165) is 6.42 Å². The van der Waals surface area contributed by atoms with E-state index in [1.807, 2.05) is 0 Å². The van der Waals surface area contributed by atoms with Crippen molar-refractivity contribution < 1.29 is 0 Å². The first-order valence-electron chi connectivity index (χ1n) is 6.99. The average molecular weight is 275 g/mol. The molecule has 0 heterocycles. The van der Waals surface area contributed by atoms with Crippen LogP contribution in [0, 0.1) is 5.92 Å². The van der Waals surface area contributed by atoms with Gasteiger partial charge in [0, 0.05) is 0 Å². The predicted octanol–water partition coefficient (Wildman–Crippen LogP) is 6.04. The molecule has 3 heteroatoms. The number of hydrogen-bond donors (Lipinski definition) is 0. The van der Waals surface area contributed by atoms with E-state index in [2.05, 4.69) is 20.8 Å². The van der Waals surface area contributed by atoms with Crippen molar-refractivity contribution in [2.75, 3.05) is 0 Å². The molecule has 0 amide bonds. The highest BCUT2D eigenvalue weighted by atomic mass is 35.5. The Morgan fingerprint density at radius 3 is 2.29 bits per heavy atom. The first-order valence-corrected chi connectivity index (χ1v) is 7.86. The molecule has 0 aromatic carbocycles. The Morgan fingerprint density at radius 1 is 1.06 bits per heavy atom. The van der Waals surface area contributed by atoms with Crippen molar-refractivity contribution in [2.24, 2.45) is 5.92 Å². The van der Waals surface area contributed by atoms with Gasteiger partial charge in [-0.15, -0.1) is 0 Å². The van der Waals surface area contributed by atoms with Gasteiger partial charge in [-0.3, -0.25) is 0 Å². The Bertz CT molecular complexity index is 261. The fraction of sp³-hybridized carbons (Fsp3) is 0.857. The number of rotatable bonds is 6. The van der Waals surface area contributed by atoms with Crippen molar-refractivity contribution in [3.8, 4) is 0 Å². The fourth-order valence-electron chi connectivity index (χ4n) is 2.86. The van der Waals surface area contributed by atoms with Crippen LogP contribution in [-0.2, 0) is 0 Å². The minimum Gasteiger partial charge on any atom is -0.171 e. The molecule has 0 aromatic heterocycles. The van der Waals surface area contributed by atoms with E-state index in [1.54, 1.807) is 5.57 Å². The molecule has 0 nitrogen and oxygen atoms in total. The van der Waals surface area contributed by atoms with Crippen molar-refractivity contribution in [1.82, 2.24) is 0 Å². The summed E-state index contributed by atoms with van der Waals surface area (Å²) in [5.41, 5.74) is 2.87. The molecule has 17 heavy (non-hydrogen) atoms. The van der Waals surface area contributed by atoms with Gasteiger partial charge in [-0.05, 0) is 38.4 Å². The molecule has 1 rings (SSSR count). The highest BCUT2D eigenvalue weighted by Crippen LogP contribution is 2.44. The van der Waals surface area contributed by atoms with E-state index >= 15 is 0 Å². The molecule has 1 aliphatic rings. The smallest absolute Gasteiger partial charge is 0.171 e. The van der Waals surface area contributed by atoms with Gasteiger partial charge in [0.15, 0.2) is 0 Å². The maximum atomic E-state index is 6.15.